The Morgan fingerprint density at radius 3 is 1.41 bits per heavy atom. The number of hydrogen-bond acceptors (Lipinski definition) is 4. The van der Waals surface area contributed by atoms with Crippen molar-refractivity contribution in [1.82, 2.24) is 0 Å². The number of carbonyl (C=O) groups excluding carboxylic acids is 2. The molecule has 0 unspecified atom stereocenters. The Kier molecular flexibility index (Phi) is 8.85. The van der Waals surface area contributed by atoms with Crippen LogP contribution in [0.5, 0.6) is 0 Å². The molecular weight excluding hydrogens is 484 g/mol. The van der Waals surface area contributed by atoms with E-state index in [-0.39, 0.29) is 11.9 Å². The highest BCUT2D eigenvalue weighted by Gasteiger charge is 2.19. The van der Waals surface area contributed by atoms with Crippen molar-refractivity contribution in [3.05, 3.63) is 130 Å². The summed E-state index contributed by atoms with van der Waals surface area (Å²) in [4.78, 5) is 24.3. The van der Waals surface area contributed by atoms with Crippen LogP contribution in [-0.4, -0.2) is 11.9 Å². The lowest BCUT2D eigenvalue weighted by atomic mass is 9.99. The fourth-order valence-corrected chi connectivity index (χ4v) is 5.12. The third kappa shape index (κ3) is 7.44. The lowest BCUT2D eigenvalue weighted by Gasteiger charge is -2.07. The average molecular weight is 519 g/mol. The predicted molar refractivity (Wildman–Crippen MR) is 153 cm³/mol. The normalized spacial score (nSPS) is 11.5. The van der Waals surface area contributed by atoms with Crippen LogP contribution in [0.15, 0.2) is 97.1 Å². The summed E-state index contributed by atoms with van der Waals surface area (Å²) in [6, 6.07) is 32.9. The molecule has 0 fully saturated rings. The minimum atomic E-state index is -0.149. The topological polar surface area (TPSA) is 52.6 Å². The van der Waals surface area contributed by atoms with Crippen molar-refractivity contribution in [3.8, 4) is 11.1 Å². The molecule has 0 aliphatic heterocycles. The van der Waals surface area contributed by atoms with E-state index in [1.807, 2.05) is 60.7 Å². The van der Waals surface area contributed by atoms with Gasteiger partial charge in [-0.15, -0.1) is 0 Å². The highest BCUT2D eigenvalue weighted by molar-refractivity contribution is 5.77. The van der Waals surface area contributed by atoms with Crippen molar-refractivity contribution < 1.29 is 19.1 Å². The molecule has 0 saturated carbocycles. The van der Waals surface area contributed by atoms with Crippen LogP contribution in [-0.2, 0) is 51.5 Å². The number of ether oxygens (including phenoxy) is 2. The molecule has 4 heteroatoms. The highest BCUT2D eigenvalue weighted by atomic mass is 16.5. The van der Waals surface area contributed by atoms with E-state index in [1.165, 1.54) is 33.4 Å². The van der Waals surface area contributed by atoms with Gasteiger partial charge in [-0.05, 0) is 76.6 Å². The Morgan fingerprint density at radius 1 is 0.538 bits per heavy atom. The number of esters is 2. The van der Waals surface area contributed by atoms with Gasteiger partial charge in [-0.1, -0.05) is 97.1 Å². The van der Waals surface area contributed by atoms with Crippen LogP contribution in [0.3, 0.4) is 0 Å². The summed E-state index contributed by atoms with van der Waals surface area (Å²) in [6.07, 6.45) is 5.03. The molecule has 4 aromatic rings. The molecule has 4 nitrogen and oxygen atoms in total. The quantitative estimate of drug-likeness (QED) is 0.162. The maximum atomic E-state index is 12.1. The van der Waals surface area contributed by atoms with E-state index in [9.17, 15) is 9.59 Å². The predicted octanol–water partition coefficient (Wildman–Crippen LogP) is 7.39. The first-order chi connectivity index (χ1) is 19.1. The van der Waals surface area contributed by atoms with Crippen LogP contribution in [0.2, 0.25) is 0 Å². The Hall–Kier alpha value is -4.18. The maximum absolute atomic E-state index is 12.1. The molecule has 0 bridgehead atoms. The molecule has 1 aliphatic rings. The van der Waals surface area contributed by atoms with Crippen LogP contribution >= 0.6 is 0 Å². The number of rotatable bonds is 12. The molecule has 0 saturated heterocycles. The zero-order chi connectivity index (χ0) is 26.9. The number of hydrogen-bond donors (Lipinski definition) is 0. The Morgan fingerprint density at radius 2 is 0.974 bits per heavy atom. The Labute approximate surface area is 230 Å². The van der Waals surface area contributed by atoms with Crippen LogP contribution in [0.4, 0.5) is 0 Å². The van der Waals surface area contributed by atoms with Gasteiger partial charge < -0.3 is 9.47 Å². The average Bonchev–Trinajstić information content (AvgIpc) is 3.33. The molecule has 198 valence electrons. The van der Waals surface area contributed by atoms with Gasteiger partial charge in [0.05, 0.1) is 0 Å². The van der Waals surface area contributed by atoms with Crippen LogP contribution in [0.25, 0.3) is 11.1 Å². The highest BCUT2D eigenvalue weighted by Crippen LogP contribution is 2.37. The molecule has 1 aliphatic carbocycles. The van der Waals surface area contributed by atoms with E-state index in [0.717, 1.165) is 43.2 Å². The van der Waals surface area contributed by atoms with E-state index in [4.69, 9.17) is 9.47 Å². The van der Waals surface area contributed by atoms with Gasteiger partial charge in [-0.25, -0.2) is 0 Å². The number of aryl methyl sites for hydroxylation is 2. The van der Waals surface area contributed by atoms with E-state index in [2.05, 4.69) is 36.4 Å². The SMILES string of the molecule is O=C(CCCc1ccc2c(c1)Cc1cc(CCCC(=O)OCc3ccccc3)ccc1-2)OCc1ccccc1. The van der Waals surface area contributed by atoms with Gasteiger partial charge in [0.1, 0.15) is 13.2 Å². The van der Waals surface area contributed by atoms with Gasteiger partial charge in [0.2, 0.25) is 0 Å². The molecule has 0 amide bonds. The molecule has 0 aromatic heterocycles. The lowest BCUT2D eigenvalue weighted by molar-refractivity contribution is -0.146. The van der Waals surface area contributed by atoms with Crippen molar-refractivity contribution in [2.24, 2.45) is 0 Å². The first kappa shape index (κ1) is 26.4. The van der Waals surface area contributed by atoms with Crippen molar-refractivity contribution in [2.45, 2.75) is 58.2 Å². The number of carbonyl (C=O) groups is 2. The minimum Gasteiger partial charge on any atom is -0.461 e. The van der Waals surface area contributed by atoms with Gasteiger partial charge in [0.25, 0.3) is 0 Å². The third-order valence-electron chi connectivity index (χ3n) is 7.19. The van der Waals surface area contributed by atoms with E-state index in [1.54, 1.807) is 0 Å². The van der Waals surface area contributed by atoms with Crippen LogP contribution < -0.4 is 0 Å². The van der Waals surface area contributed by atoms with E-state index >= 15 is 0 Å². The molecule has 0 spiro atoms. The summed E-state index contributed by atoms with van der Waals surface area (Å²) in [7, 11) is 0. The van der Waals surface area contributed by atoms with Gasteiger partial charge in [-0.3, -0.25) is 9.59 Å². The molecule has 4 aromatic carbocycles. The second-order valence-electron chi connectivity index (χ2n) is 10.2. The summed E-state index contributed by atoms with van der Waals surface area (Å²) in [5.74, 6) is -0.297. The first-order valence-corrected chi connectivity index (χ1v) is 13.8. The van der Waals surface area contributed by atoms with Gasteiger partial charge in [0.15, 0.2) is 0 Å². The summed E-state index contributed by atoms with van der Waals surface area (Å²) < 4.78 is 10.8. The Bertz CT molecular complexity index is 1300. The molecular formula is C35H34O4. The van der Waals surface area contributed by atoms with Crippen LogP contribution in [0.1, 0.15) is 59.1 Å². The monoisotopic (exact) mass is 518 g/mol. The van der Waals surface area contributed by atoms with Crippen molar-refractivity contribution >= 4 is 11.9 Å². The zero-order valence-corrected chi connectivity index (χ0v) is 22.2. The number of benzene rings is 4. The summed E-state index contributed by atoms with van der Waals surface area (Å²) in [6.45, 7) is 0.661. The molecule has 0 N–H and O–H groups in total. The van der Waals surface area contributed by atoms with Crippen molar-refractivity contribution in [3.63, 3.8) is 0 Å². The third-order valence-corrected chi connectivity index (χ3v) is 7.19. The second-order valence-corrected chi connectivity index (χ2v) is 10.2. The largest absolute Gasteiger partial charge is 0.461 e. The standard InChI is InChI=1S/C35H34O4/c36-34(38-24-28-9-3-1-4-10-28)15-7-13-26-17-19-32-30(21-26)23-31-22-27(18-20-33(31)32)14-8-16-35(37)39-25-29-11-5-2-6-12-29/h1-6,9-12,17-22H,7-8,13-16,23-25H2. The maximum Gasteiger partial charge on any atom is 0.306 e. The second kappa shape index (κ2) is 13.1. The van der Waals surface area contributed by atoms with Gasteiger partial charge in [-0.2, -0.15) is 0 Å². The van der Waals surface area contributed by atoms with Gasteiger partial charge >= 0.3 is 11.9 Å². The van der Waals surface area contributed by atoms with E-state index in [0.29, 0.717) is 26.1 Å². The smallest absolute Gasteiger partial charge is 0.306 e. The summed E-state index contributed by atoms with van der Waals surface area (Å²) in [5.41, 5.74) is 9.81. The molecule has 39 heavy (non-hydrogen) atoms. The molecule has 0 heterocycles. The van der Waals surface area contributed by atoms with Crippen LogP contribution in [0, 0.1) is 0 Å². The molecule has 5 rings (SSSR count). The zero-order valence-electron chi connectivity index (χ0n) is 22.2. The van der Waals surface area contributed by atoms with Gasteiger partial charge in [0, 0.05) is 12.8 Å². The lowest BCUT2D eigenvalue weighted by Crippen LogP contribution is -2.05. The Balaban J connectivity index is 1.06. The number of fused-ring (bicyclic) bond motifs is 3. The molecule has 0 atom stereocenters. The minimum absolute atomic E-state index is 0.149. The van der Waals surface area contributed by atoms with Crippen molar-refractivity contribution in [1.29, 1.82) is 0 Å². The first-order valence-electron chi connectivity index (χ1n) is 13.8. The molecule has 0 radical (unpaired) electrons. The fourth-order valence-electron chi connectivity index (χ4n) is 5.12. The van der Waals surface area contributed by atoms with Crippen molar-refractivity contribution in [2.75, 3.05) is 0 Å². The fraction of sp³-hybridized carbons (Fsp3) is 0.257. The van der Waals surface area contributed by atoms with E-state index < -0.39 is 0 Å². The summed E-state index contributed by atoms with van der Waals surface area (Å²) in [5, 5.41) is 0. The summed E-state index contributed by atoms with van der Waals surface area (Å²) >= 11 is 0.